The molecule has 0 unspecified atom stereocenters. The normalized spacial score (nSPS) is 19.2. The Morgan fingerprint density at radius 2 is 2.17 bits per heavy atom. The van der Waals surface area contributed by atoms with E-state index < -0.39 is 0 Å². The molecule has 2 aliphatic rings. The van der Waals surface area contributed by atoms with Crippen molar-refractivity contribution >= 4 is 46.4 Å². The van der Waals surface area contributed by atoms with Crippen LogP contribution in [0.4, 0.5) is 5.88 Å². The minimum atomic E-state index is -0.159. The van der Waals surface area contributed by atoms with Gasteiger partial charge in [0.1, 0.15) is 5.69 Å². The number of benzene rings is 1. The lowest BCUT2D eigenvalue weighted by Gasteiger charge is -2.31. The van der Waals surface area contributed by atoms with Crippen molar-refractivity contribution in [1.29, 1.82) is 5.41 Å². The first-order chi connectivity index (χ1) is 14.4. The summed E-state index contributed by atoms with van der Waals surface area (Å²) in [7, 11) is 1.77. The lowest BCUT2D eigenvalue weighted by molar-refractivity contribution is 0.0770. The molecule has 0 bridgehead atoms. The number of anilines is 1. The molecule has 1 fully saturated rings. The number of carbonyl (C=O) groups is 1. The number of carbonyl (C=O) groups excluding carboxylic acids is 1. The summed E-state index contributed by atoms with van der Waals surface area (Å²) in [5, 5.41) is 19.9. The van der Waals surface area contributed by atoms with Gasteiger partial charge in [0.15, 0.2) is 0 Å². The zero-order valence-corrected chi connectivity index (χ0v) is 18.0. The number of halogens is 2. The molecular weight excluding hydrogens is 425 g/mol. The number of hydrogen-bond donors (Lipinski definition) is 3. The lowest BCUT2D eigenvalue weighted by atomic mass is 9.96. The molecule has 0 atom stereocenters. The number of aromatic nitrogens is 1. The zero-order chi connectivity index (χ0) is 21.4. The van der Waals surface area contributed by atoms with E-state index in [2.05, 4.69) is 22.4 Å². The van der Waals surface area contributed by atoms with Crippen LogP contribution in [0.2, 0.25) is 10.0 Å². The Bertz CT molecular complexity index is 1090. The fourth-order valence-electron chi connectivity index (χ4n) is 3.70. The Morgan fingerprint density at radius 3 is 2.90 bits per heavy atom. The smallest absolute Gasteiger partial charge is 0.254 e. The van der Waals surface area contributed by atoms with E-state index in [4.69, 9.17) is 33.1 Å². The van der Waals surface area contributed by atoms with Crippen LogP contribution < -0.4 is 10.6 Å². The van der Waals surface area contributed by atoms with E-state index in [1.54, 1.807) is 30.1 Å². The van der Waals surface area contributed by atoms with Crippen molar-refractivity contribution in [2.75, 3.05) is 32.0 Å². The van der Waals surface area contributed by atoms with Gasteiger partial charge in [0.05, 0.1) is 21.3 Å². The van der Waals surface area contributed by atoms with Gasteiger partial charge in [-0.3, -0.25) is 4.79 Å². The first-order valence-corrected chi connectivity index (χ1v) is 10.3. The van der Waals surface area contributed by atoms with Crippen LogP contribution in [0.25, 0.3) is 5.70 Å². The van der Waals surface area contributed by atoms with Crippen molar-refractivity contribution in [1.82, 2.24) is 15.4 Å². The predicted octanol–water partition coefficient (Wildman–Crippen LogP) is 4.00. The average Bonchev–Trinajstić information content (AvgIpc) is 3.05. The third kappa shape index (κ3) is 3.70. The number of fused-ring (bicyclic) bond motifs is 1. The van der Waals surface area contributed by atoms with Crippen LogP contribution in [-0.2, 0) is 6.42 Å². The first kappa shape index (κ1) is 20.5. The van der Waals surface area contributed by atoms with Gasteiger partial charge in [0.2, 0.25) is 5.88 Å². The Labute approximate surface area is 184 Å². The maximum atomic E-state index is 13.1. The molecule has 1 aromatic carbocycles. The number of nitrogens with zero attached hydrogens (tertiary/aromatic N) is 2. The molecule has 0 aliphatic carbocycles. The maximum Gasteiger partial charge on any atom is 0.254 e. The van der Waals surface area contributed by atoms with Gasteiger partial charge in [0.25, 0.3) is 5.91 Å². The predicted molar refractivity (Wildman–Crippen MR) is 119 cm³/mol. The highest BCUT2D eigenvalue weighted by Gasteiger charge is 2.31. The van der Waals surface area contributed by atoms with Gasteiger partial charge in [-0.25, -0.2) is 0 Å². The topological polar surface area (TPSA) is 94.3 Å². The van der Waals surface area contributed by atoms with E-state index in [1.165, 1.54) is 0 Å². The Balaban J connectivity index is 1.71. The van der Waals surface area contributed by atoms with Crippen molar-refractivity contribution in [3.05, 3.63) is 62.8 Å². The number of piperidine rings is 1. The van der Waals surface area contributed by atoms with Crippen LogP contribution in [0.5, 0.6) is 0 Å². The molecule has 2 aliphatic heterocycles. The summed E-state index contributed by atoms with van der Waals surface area (Å²) >= 11 is 12.1. The SMILES string of the molecule is C=C1CN/C(=C2/CN(C(=O)c3ccc(Cl)c(Cl)c3)CCC2=N)c2noc(NC)c2C1. The van der Waals surface area contributed by atoms with Crippen LogP contribution in [0, 0.1) is 5.41 Å². The van der Waals surface area contributed by atoms with Gasteiger partial charge < -0.3 is 25.5 Å². The second kappa shape index (κ2) is 8.16. The first-order valence-electron chi connectivity index (χ1n) is 9.51. The molecule has 7 nitrogen and oxygen atoms in total. The van der Waals surface area contributed by atoms with E-state index in [0.717, 1.165) is 16.7 Å². The molecule has 1 saturated heterocycles. The third-order valence-corrected chi connectivity index (χ3v) is 6.03. The van der Waals surface area contributed by atoms with Crippen LogP contribution in [0.3, 0.4) is 0 Å². The number of rotatable bonds is 2. The van der Waals surface area contributed by atoms with E-state index in [0.29, 0.717) is 64.5 Å². The third-order valence-electron chi connectivity index (χ3n) is 5.29. The molecule has 3 heterocycles. The van der Waals surface area contributed by atoms with Gasteiger partial charge >= 0.3 is 0 Å². The minimum absolute atomic E-state index is 0.159. The van der Waals surface area contributed by atoms with Crippen molar-refractivity contribution < 1.29 is 9.32 Å². The lowest BCUT2D eigenvalue weighted by Crippen LogP contribution is -2.41. The van der Waals surface area contributed by atoms with E-state index in [-0.39, 0.29) is 12.5 Å². The van der Waals surface area contributed by atoms with Crippen molar-refractivity contribution in [3.63, 3.8) is 0 Å². The number of hydrogen-bond acceptors (Lipinski definition) is 6. The maximum absolute atomic E-state index is 13.1. The largest absolute Gasteiger partial charge is 0.379 e. The second-order valence-electron chi connectivity index (χ2n) is 7.31. The van der Waals surface area contributed by atoms with E-state index in [1.807, 2.05) is 0 Å². The van der Waals surface area contributed by atoms with Crippen LogP contribution in [-0.4, -0.2) is 48.4 Å². The van der Waals surface area contributed by atoms with E-state index >= 15 is 0 Å². The zero-order valence-electron chi connectivity index (χ0n) is 16.4. The fraction of sp³-hybridized carbons (Fsp3) is 0.286. The Morgan fingerprint density at radius 1 is 1.37 bits per heavy atom. The van der Waals surface area contributed by atoms with Crippen LogP contribution in [0.1, 0.15) is 28.0 Å². The summed E-state index contributed by atoms with van der Waals surface area (Å²) in [5.74, 6) is 0.424. The summed E-state index contributed by atoms with van der Waals surface area (Å²) in [6, 6.07) is 4.84. The van der Waals surface area contributed by atoms with Crippen molar-refractivity contribution in [2.45, 2.75) is 12.8 Å². The molecule has 156 valence electrons. The monoisotopic (exact) mass is 445 g/mol. The molecule has 1 amide bonds. The highest BCUT2D eigenvalue weighted by Crippen LogP contribution is 2.32. The molecule has 2 aromatic rings. The van der Waals surface area contributed by atoms with Gasteiger partial charge in [-0.15, -0.1) is 0 Å². The summed E-state index contributed by atoms with van der Waals surface area (Å²) in [6.07, 6.45) is 1.07. The quantitative estimate of drug-likeness (QED) is 0.607. The highest BCUT2D eigenvalue weighted by atomic mass is 35.5. The standard InChI is InChI=1S/C21H21Cl2N5O2/c1-11-7-13-19(27-30-20(13)25-2)18(26-9-11)14-10-28(6-5-17(14)24)21(29)12-3-4-15(22)16(23)8-12/h3-4,8,24-26H,1,5-7,9-10H2,2H3/b18-14-,24-17?. The van der Waals surface area contributed by atoms with E-state index in [9.17, 15) is 4.79 Å². The molecular formula is C21H21Cl2N5O2. The minimum Gasteiger partial charge on any atom is -0.379 e. The Kier molecular flexibility index (Phi) is 5.58. The summed E-state index contributed by atoms with van der Waals surface area (Å²) in [5.41, 5.74) is 4.91. The molecule has 9 heteroatoms. The second-order valence-corrected chi connectivity index (χ2v) is 8.12. The van der Waals surface area contributed by atoms with Gasteiger partial charge in [-0.2, -0.15) is 0 Å². The molecule has 0 radical (unpaired) electrons. The molecule has 1 aromatic heterocycles. The van der Waals surface area contributed by atoms with Crippen molar-refractivity contribution in [3.8, 4) is 0 Å². The average molecular weight is 446 g/mol. The fourth-order valence-corrected chi connectivity index (χ4v) is 4.00. The van der Waals surface area contributed by atoms with Crippen LogP contribution >= 0.6 is 23.2 Å². The highest BCUT2D eigenvalue weighted by molar-refractivity contribution is 6.42. The summed E-state index contributed by atoms with van der Waals surface area (Å²) in [6.45, 7) is 5.40. The summed E-state index contributed by atoms with van der Waals surface area (Å²) in [4.78, 5) is 14.8. The number of likely N-dealkylation sites (tertiary alicyclic amines) is 1. The number of nitrogens with one attached hydrogen (secondary N) is 3. The van der Waals surface area contributed by atoms with Crippen molar-refractivity contribution in [2.24, 2.45) is 0 Å². The molecule has 0 saturated carbocycles. The van der Waals surface area contributed by atoms with Gasteiger partial charge in [-0.05, 0) is 18.2 Å². The Hall–Kier alpha value is -2.77. The number of amides is 1. The molecule has 0 spiro atoms. The van der Waals surface area contributed by atoms with Gasteiger partial charge in [-0.1, -0.05) is 40.5 Å². The van der Waals surface area contributed by atoms with Gasteiger partial charge in [0, 0.05) is 56.4 Å². The molecule has 4 rings (SSSR count). The van der Waals surface area contributed by atoms with Crippen LogP contribution in [0.15, 0.2) is 40.4 Å². The molecule has 30 heavy (non-hydrogen) atoms. The molecule has 3 N–H and O–H groups in total. The summed E-state index contributed by atoms with van der Waals surface area (Å²) < 4.78 is 5.44.